The first-order valence-electron chi connectivity index (χ1n) is 7.73. The first kappa shape index (κ1) is 18.2. The molecule has 0 amide bonds. The van der Waals surface area contributed by atoms with Gasteiger partial charge >= 0.3 is 0 Å². The molecule has 0 aliphatic rings. The maximum atomic E-state index is 12.7. The van der Waals surface area contributed by atoms with Gasteiger partial charge in [-0.25, -0.2) is 4.98 Å². The van der Waals surface area contributed by atoms with Gasteiger partial charge in [0, 0.05) is 15.7 Å². The van der Waals surface area contributed by atoms with Crippen LogP contribution in [0.4, 0.5) is 5.69 Å². The van der Waals surface area contributed by atoms with E-state index in [2.05, 4.69) is 27.6 Å². The number of benzene rings is 2. The van der Waals surface area contributed by atoms with Crippen molar-refractivity contribution in [2.24, 2.45) is 0 Å². The Kier molecular flexibility index (Phi) is 5.43. The van der Waals surface area contributed by atoms with Crippen LogP contribution in [0.25, 0.3) is 23.1 Å². The summed E-state index contributed by atoms with van der Waals surface area (Å²) in [5.74, 6) is 0.379. The number of aromatic nitrogens is 2. The molecule has 26 heavy (non-hydrogen) atoms. The molecule has 132 valence electrons. The first-order chi connectivity index (χ1) is 12.5. The number of aliphatic hydroxyl groups is 1. The number of nitro benzene ring substituents is 1. The fourth-order valence-electron chi connectivity index (χ4n) is 2.57. The molecule has 7 nitrogen and oxygen atoms in total. The van der Waals surface area contributed by atoms with E-state index in [1.165, 1.54) is 16.7 Å². The van der Waals surface area contributed by atoms with Gasteiger partial charge in [0.05, 0.1) is 29.0 Å². The molecule has 0 saturated heterocycles. The van der Waals surface area contributed by atoms with Crippen LogP contribution in [0.5, 0.6) is 0 Å². The lowest BCUT2D eigenvalue weighted by atomic mass is 10.2. The maximum absolute atomic E-state index is 12.7. The van der Waals surface area contributed by atoms with Crippen molar-refractivity contribution in [2.75, 3.05) is 6.61 Å². The second kappa shape index (κ2) is 7.75. The summed E-state index contributed by atoms with van der Waals surface area (Å²) in [6.45, 7) is -0.0868. The molecule has 0 saturated carbocycles. The van der Waals surface area contributed by atoms with Crippen molar-refractivity contribution in [3.63, 3.8) is 0 Å². The van der Waals surface area contributed by atoms with Crippen molar-refractivity contribution in [1.29, 1.82) is 0 Å². The average Bonchev–Trinajstić information content (AvgIpc) is 2.63. The minimum Gasteiger partial charge on any atom is -0.395 e. The third kappa shape index (κ3) is 3.81. The zero-order valence-corrected chi connectivity index (χ0v) is 15.7. The van der Waals surface area contributed by atoms with E-state index in [0.29, 0.717) is 22.3 Å². The standard InChI is InChI=1S/C18H14IN3O4/c19-13-5-6-16-15(11-13)18(24)21(8-9-23)17(20-16)7-4-12-2-1-3-14(10-12)22(25)26/h1-7,10-11,23H,8-9H2. The lowest BCUT2D eigenvalue weighted by molar-refractivity contribution is -0.384. The fourth-order valence-corrected chi connectivity index (χ4v) is 3.06. The van der Waals surface area contributed by atoms with Crippen LogP contribution in [0.15, 0.2) is 47.3 Å². The maximum Gasteiger partial charge on any atom is 0.270 e. The fraction of sp³-hybridized carbons (Fsp3) is 0.111. The van der Waals surface area contributed by atoms with Crippen LogP contribution in [-0.4, -0.2) is 26.2 Å². The van der Waals surface area contributed by atoms with Gasteiger partial charge in [-0.15, -0.1) is 0 Å². The Morgan fingerprint density at radius 2 is 2.04 bits per heavy atom. The van der Waals surface area contributed by atoms with Crippen LogP contribution in [0, 0.1) is 13.7 Å². The van der Waals surface area contributed by atoms with Gasteiger partial charge in [0.25, 0.3) is 11.2 Å². The highest BCUT2D eigenvalue weighted by Gasteiger charge is 2.10. The van der Waals surface area contributed by atoms with Crippen LogP contribution in [0.3, 0.4) is 0 Å². The third-order valence-corrected chi connectivity index (χ3v) is 4.45. The number of non-ortho nitro benzene ring substituents is 1. The topological polar surface area (TPSA) is 98.3 Å². The molecular weight excluding hydrogens is 449 g/mol. The minimum atomic E-state index is -0.463. The van der Waals surface area contributed by atoms with Crippen LogP contribution >= 0.6 is 22.6 Å². The highest BCUT2D eigenvalue weighted by molar-refractivity contribution is 14.1. The zero-order chi connectivity index (χ0) is 18.7. The average molecular weight is 463 g/mol. The number of nitro groups is 1. The van der Waals surface area contributed by atoms with Crippen molar-refractivity contribution in [2.45, 2.75) is 6.54 Å². The molecule has 3 rings (SSSR count). The summed E-state index contributed by atoms with van der Waals surface area (Å²) in [6.07, 6.45) is 3.27. The normalized spacial score (nSPS) is 11.3. The summed E-state index contributed by atoms with van der Waals surface area (Å²) >= 11 is 2.12. The molecule has 3 aromatic rings. The molecule has 8 heteroatoms. The number of rotatable bonds is 5. The lowest BCUT2D eigenvalue weighted by Crippen LogP contribution is -2.25. The number of nitrogens with zero attached hydrogens (tertiary/aromatic N) is 3. The molecule has 0 fully saturated rings. The summed E-state index contributed by atoms with van der Waals surface area (Å²) in [7, 11) is 0. The van der Waals surface area contributed by atoms with Crippen LogP contribution in [0.1, 0.15) is 11.4 Å². The highest BCUT2D eigenvalue weighted by Crippen LogP contribution is 2.17. The second-order valence-electron chi connectivity index (χ2n) is 5.50. The molecule has 0 unspecified atom stereocenters. The van der Waals surface area contributed by atoms with Crippen molar-refractivity contribution >= 4 is 51.3 Å². The van der Waals surface area contributed by atoms with Gasteiger partial charge < -0.3 is 5.11 Å². The Morgan fingerprint density at radius 1 is 1.23 bits per heavy atom. The molecule has 0 bridgehead atoms. The van der Waals surface area contributed by atoms with Crippen LogP contribution in [0.2, 0.25) is 0 Å². The third-order valence-electron chi connectivity index (χ3n) is 3.78. The van der Waals surface area contributed by atoms with Gasteiger partial charge in [-0.05, 0) is 52.4 Å². The highest BCUT2D eigenvalue weighted by atomic mass is 127. The lowest BCUT2D eigenvalue weighted by Gasteiger charge is -2.10. The van der Waals surface area contributed by atoms with Crippen molar-refractivity contribution < 1.29 is 10.0 Å². The van der Waals surface area contributed by atoms with Crippen LogP contribution < -0.4 is 5.56 Å². The largest absolute Gasteiger partial charge is 0.395 e. The van der Waals surface area contributed by atoms with Crippen molar-refractivity contribution in [3.8, 4) is 0 Å². The molecule has 1 N–H and O–H groups in total. The van der Waals surface area contributed by atoms with E-state index in [-0.39, 0.29) is 24.4 Å². The number of fused-ring (bicyclic) bond motifs is 1. The van der Waals surface area contributed by atoms with E-state index in [0.717, 1.165) is 3.57 Å². The van der Waals surface area contributed by atoms with E-state index >= 15 is 0 Å². The predicted molar refractivity (Wildman–Crippen MR) is 108 cm³/mol. The summed E-state index contributed by atoms with van der Waals surface area (Å²) in [6, 6.07) is 11.6. The molecule has 0 aliphatic carbocycles. The summed E-state index contributed by atoms with van der Waals surface area (Å²) < 4.78 is 2.32. The smallest absolute Gasteiger partial charge is 0.270 e. The first-order valence-corrected chi connectivity index (χ1v) is 8.81. The van der Waals surface area contributed by atoms with Crippen LogP contribution in [-0.2, 0) is 6.54 Å². The molecule has 0 atom stereocenters. The zero-order valence-electron chi connectivity index (χ0n) is 13.5. The summed E-state index contributed by atoms with van der Waals surface area (Å²) in [5, 5.41) is 20.7. The minimum absolute atomic E-state index is 0.0130. The van der Waals surface area contributed by atoms with Gasteiger partial charge in [0.15, 0.2) is 0 Å². The molecule has 1 aromatic heterocycles. The van der Waals surface area contributed by atoms with Gasteiger partial charge in [0.2, 0.25) is 0 Å². The number of aliphatic hydroxyl groups excluding tert-OH is 1. The number of hydrogen-bond acceptors (Lipinski definition) is 5. The van der Waals surface area contributed by atoms with Crippen molar-refractivity contribution in [3.05, 3.63) is 77.9 Å². The second-order valence-corrected chi connectivity index (χ2v) is 6.74. The summed E-state index contributed by atoms with van der Waals surface area (Å²) in [4.78, 5) is 27.6. The molecule has 0 radical (unpaired) electrons. The van der Waals surface area contributed by atoms with E-state index in [4.69, 9.17) is 0 Å². The molecule has 1 heterocycles. The van der Waals surface area contributed by atoms with E-state index in [9.17, 15) is 20.0 Å². The molecule has 2 aromatic carbocycles. The van der Waals surface area contributed by atoms with Gasteiger partial charge in [-0.3, -0.25) is 19.5 Å². The number of hydrogen-bond donors (Lipinski definition) is 1. The Morgan fingerprint density at radius 3 is 2.77 bits per heavy atom. The Labute approximate surface area is 161 Å². The van der Waals surface area contributed by atoms with E-state index in [1.807, 2.05) is 6.07 Å². The van der Waals surface area contributed by atoms with Crippen molar-refractivity contribution in [1.82, 2.24) is 9.55 Å². The van der Waals surface area contributed by atoms with Gasteiger partial charge in [-0.2, -0.15) is 0 Å². The molecule has 0 aliphatic heterocycles. The Balaban J connectivity index is 2.10. The predicted octanol–water partition coefficient (Wildman–Crippen LogP) is 3.07. The SMILES string of the molecule is O=c1c2cc(I)ccc2nc(C=Cc2cccc([N+](=O)[O-])c2)n1CCO. The van der Waals surface area contributed by atoms with E-state index in [1.54, 1.807) is 36.4 Å². The van der Waals surface area contributed by atoms with E-state index < -0.39 is 4.92 Å². The summed E-state index contributed by atoms with van der Waals surface area (Å²) in [5.41, 5.74) is 0.928. The monoisotopic (exact) mass is 463 g/mol. The number of halogens is 1. The Bertz CT molecular complexity index is 1080. The molecule has 0 spiro atoms. The molecular formula is C18H14IN3O4. The van der Waals surface area contributed by atoms with Gasteiger partial charge in [0.1, 0.15) is 5.82 Å². The quantitative estimate of drug-likeness (QED) is 0.356. The Hall–Kier alpha value is -2.59. The van der Waals surface area contributed by atoms with Gasteiger partial charge in [-0.1, -0.05) is 18.2 Å².